The maximum Gasteiger partial charge on any atom is 0.416 e. The summed E-state index contributed by atoms with van der Waals surface area (Å²) >= 11 is 13.7. The lowest BCUT2D eigenvalue weighted by atomic mass is 10.2. The molecular formula is C24H14Cl2F3N5OS. The molecule has 0 fully saturated rings. The molecule has 182 valence electrons. The van der Waals surface area contributed by atoms with Gasteiger partial charge in [0.25, 0.3) is 0 Å². The van der Waals surface area contributed by atoms with E-state index in [-0.39, 0.29) is 11.8 Å². The van der Waals surface area contributed by atoms with Crippen LogP contribution in [0, 0.1) is 0 Å². The summed E-state index contributed by atoms with van der Waals surface area (Å²) in [5, 5.41) is 7.36. The lowest BCUT2D eigenvalue weighted by Crippen LogP contribution is -2.05. The molecule has 12 heteroatoms. The van der Waals surface area contributed by atoms with Gasteiger partial charge in [0.1, 0.15) is 11.3 Å². The number of hydrogen-bond acceptors (Lipinski definition) is 7. The number of ether oxygens (including phenoxy) is 1. The van der Waals surface area contributed by atoms with Gasteiger partial charge < -0.3 is 15.4 Å². The lowest BCUT2D eigenvalue weighted by molar-refractivity contribution is -0.137. The molecule has 0 radical (unpaired) electrons. The average Bonchev–Trinajstić information content (AvgIpc) is 3.25. The Bertz CT molecular complexity index is 1510. The van der Waals surface area contributed by atoms with Crippen molar-refractivity contribution in [3.63, 3.8) is 0 Å². The van der Waals surface area contributed by atoms with E-state index in [0.29, 0.717) is 42.6 Å². The fourth-order valence-electron chi connectivity index (χ4n) is 3.19. The number of thiazole rings is 1. The maximum absolute atomic E-state index is 13.0. The van der Waals surface area contributed by atoms with Gasteiger partial charge in [-0.15, -0.1) is 0 Å². The zero-order valence-electron chi connectivity index (χ0n) is 18.0. The van der Waals surface area contributed by atoms with Crippen LogP contribution in [0.25, 0.3) is 10.3 Å². The van der Waals surface area contributed by atoms with Gasteiger partial charge in [-0.1, -0.05) is 58.8 Å². The van der Waals surface area contributed by atoms with E-state index < -0.39 is 11.7 Å². The SMILES string of the molecule is FC(F)(F)c1ccc(Nc2nc(Oc3ccccc3)nc3sc(Nc4c(Cl)cccc4Cl)nc23)cc1. The predicted octanol–water partition coefficient (Wildman–Crippen LogP) is 8.69. The van der Waals surface area contributed by atoms with Crippen LogP contribution in [-0.4, -0.2) is 15.0 Å². The van der Waals surface area contributed by atoms with Crippen LogP contribution in [0.15, 0.2) is 72.8 Å². The molecule has 0 atom stereocenters. The van der Waals surface area contributed by atoms with Gasteiger partial charge in [-0.05, 0) is 48.5 Å². The molecule has 6 nitrogen and oxygen atoms in total. The van der Waals surface area contributed by atoms with Gasteiger partial charge in [0, 0.05) is 5.69 Å². The van der Waals surface area contributed by atoms with E-state index in [4.69, 9.17) is 27.9 Å². The first kappa shape index (κ1) is 24.1. The molecule has 0 aliphatic carbocycles. The number of anilines is 4. The van der Waals surface area contributed by atoms with E-state index in [0.717, 1.165) is 12.1 Å². The highest BCUT2D eigenvalue weighted by Gasteiger charge is 2.30. The normalized spacial score (nSPS) is 11.5. The molecule has 36 heavy (non-hydrogen) atoms. The van der Waals surface area contributed by atoms with E-state index >= 15 is 0 Å². The predicted molar refractivity (Wildman–Crippen MR) is 136 cm³/mol. The second-order valence-corrected chi connectivity index (χ2v) is 9.16. The molecule has 3 aromatic carbocycles. The van der Waals surface area contributed by atoms with Crippen molar-refractivity contribution in [1.82, 2.24) is 15.0 Å². The Morgan fingerprint density at radius 1 is 0.778 bits per heavy atom. The molecule has 0 spiro atoms. The Morgan fingerprint density at radius 2 is 1.47 bits per heavy atom. The summed E-state index contributed by atoms with van der Waals surface area (Å²) in [7, 11) is 0. The topological polar surface area (TPSA) is 72.0 Å². The zero-order chi connectivity index (χ0) is 25.3. The Kier molecular flexibility index (Phi) is 6.57. The van der Waals surface area contributed by atoms with Crippen molar-refractivity contribution < 1.29 is 17.9 Å². The number of fused-ring (bicyclic) bond motifs is 1. The molecule has 5 rings (SSSR count). The number of alkyl halides is 3. The minimum Gasteiger partial charge on any atom is -0.424 e. The number of nitrogens with one attached hydrogen (secondary N) is 2. The fourth-order valence-corrected chi connectivity index (χ4v) is 4.51. The highest BCUT2D eigenvalue weighted by Crippen LogP contribution is 2.38. The van der Waals surface area contributed by atoms with E-state index in [2.05, 4.69) is 25.6 Å². The van der Waals surface area contributed by atoms with E-state index in [1.807, 2.05) is 6.07 Å². The Hall–Kier alpha value is -3.60. The van der Waals surface area contributed by atoms with Gasteiger partial charge in [0.2, 0.25) is 0 Å². The van der Waals surface area contributed by atoms with Gasteiger partial charge in [-0.3, -0.25) is 0 Å². The quantitative estimate of drug-likeness (QED) is 0.221. The van der Waals surface area contributed by atoms with Crippen molar-refractivity contribution in [1.29, 1.82) is 0 Å². The van der Waals surface area contributed by atoms with Gasteiger partial charge in [-0.25, -0.2) is 4.98 Å². The summed E-state index contributed by atoms with van der Waals surface area (Å²) in [5.74, 6) is 0.767. The molecule has 2 aromatic heterocycles. The third-order valence-electron chi connectivity index (χ3n) is 4.86. The second kappa shape index (κ2) is 9.81. The highest BCUT2D eigenvalue weighted by atomic mass is 35.5. The number of hydrogen-bond donors (Lipinski definition) is 2. The zero-order valence-corrected chi connectivity index (χ0v) is 20.3. The summed E-state index contributed by atoms with van der Waals surface area (Å²) in [6.07, 6.45) is -4.44. The molecular weight excluding hydrogens is 534 g/mol. The van der Waals surface area contributed by atoms with Crippen molar-refractivity contribution in [2.24, 2.45) is 0 Å². The van der Waals surface area contributed by atoms with Crippen LogP contribution >= 0.6 is 34.5 Å². The smallest absolute Gasteiger partial charge is 0.416 e. The second-order valence-electron chi connectivity index (χ2n) is 7.36. The standard InChI is InChI=1S/C24H14Cl2F3N5OS/c25-16-7-4-8-17(26)18(16)31-23-32-19-20(30-14-11-9-13(10-12-14)24(27,28)29)33-22(34-21(19)36-23)35-15-5-2-1-3-6-15/h1-12H,(H,31,32)(H,30,33,34). The highest BCUT2D eigenvalue weighted by molar-refractivity contribution is 7.22. The summed E-state index contributed by atoms with van der Waals surface area (Å²) < 4.78 is 44.7. The molecule has 0 bridgehead atoms. The van der Waals surface area contributed by atoms with Crippen molar-refractivity contribution in [2.45, 2.75) is 6.18 Å². The maximum atomic E-state index is 13.0. The summed E-state index contributed by atoms with van der Waals surface area (Å²) in [6, 6.07) is 18.7. The van der Waals surface area contributed by atoms with Crippen LogP contribution in [-0.2, 0) is 6.18 Å². The van der Waals surface area contributed by atoms with Crippen LogP contribution in [0.2, 0.25) is 10.0 Å². The monoisotopic (exact) mass is 547 g/mol. The molecule has 0 unspecified atom stereocenters. The van der Waals surface area contributed by atoms with Gasteiger partial charge >= 0.3 is 12.2 Å². The number of benzene rings is 3. The van der Waals surface area contributed by atoms with Crippen LogP contribution < -0.4 is 15.4 Å². The largest absolute Gasteiger partial charge is 0.424 e. The van der Waals surface area contributed by atoms with Crippen LogP contribution in [0.5, 0.6) is 11.8 Å². The Labute approximate surface area is 216 Å². The van der Waals surface area contributed by atoms with Gasteiger partial charge in [0.05, 0.1) is 21.3 Å². The summed E-state index contributed by atoms with van der Waals surface area (Å²) in [5.41, 5.74) is 0.480. The minimum absolute atomic E-state index is 0.0362. The molecule has 0 aliphatic heterocycles. The summed E-state index contributed by atoms with van der Waals surface area (Å²) in [4.78, 5) is 13.9. The Morgan fingerprint density at radius 3 is 2.14 bits per heavy atom. The van der Waals surface area contributed by atoms with E-state index in [1.54, 1.807) is 42.5 Å². The van der Waals surface area contributed by atoms with Gasteiger partial charge in [-0.2, -0.15) is 23.1 Å². The van der Waals surface area contributed by atoms with E-state index in [9.17, 15) is 13.2 Å². The van der Waals surface area contributed by atoms with Crippen LogP contribution in [0.3, 0.4) is 0 Å². The number of para-hydroxylation sites is 2. The van der Waals surface area contributed by atoms with Crippen molar-refractivity contribution in [3.05, 3.63) is 88.4 Å². The molecule has 0 saturated carbocycles. The number of nitrogens with zero attached hydrogens (tertiary/aromatic N) is 3. The third kappa shape index (κ3) is 5.30. The lowest BCUT2D eigenvalue weighted by Gasteiger charge is -2.10. The number of rotatable bonds is 6. The Balaban J connectivity index is 1.53. The average molecular weight is 548 g/mol. The first-order valence-electron chi connectivity index (χ1n) is 10.3. The first-order chi connectivity index (χ1) is 17.3. The van der Waals surface area contributed by atoms with E-state index in [1.165, 1.54) is 23.5 Å². The molecule has 0 saturated heterocycles. The molecule has 5 aromatic rings. The van der Waals surface area contributed by atoms with Crippen LogP contribution in [0.4, 0.5) is 35.5 Å². The van der Waals surface area contributed by atoms with Crippen molar-refractivity contribution >= 4 is 67.2 Å². The summed E-state index contributed by atoms with van der Waals surface area (Å²) in [6.45, 7) is 0. The first-order valence-corrected chi connectivity index (χ1v) is 11.9. The fraction of sp³-hybridized carbons (Fsp3) is 0.0417. The third-order valence-corrected chi connectivity index (χ3v) is 6.35. The molecule has 2 heterocycles. The molecule has 0 aliphatic rings. The minimum atomic E-state index is -4.44. The van der Waals surface area contributed by atoms with Crippen molar-refractivity contribution in [2.75, 3.05) is 10.6 Å². The number of halogens is 5. The molecule has 0 amide bonds. The van der Waals surface area contributed by atoms with Gasteiger partial charge in [0.15, 0.2) is 15.8 Å². The van der Waals surface area contributed by atoms with Crippen LogP contribution in [0.1, 0.15) is 5.56 Å². The molecule has 2 N–H and O–H groups in total. The number of aromatic nitrogens is 3. The van der Waals surface area contributed by atoms with Crippen molar-refractivity contribution in [3.8, 4) is 11.8 Å².